The van der Waals surface area contributed by atoms with Crippen LogP contribution in [-0.4, -0.2) is 48.7 Å². The number of nitrogens with zero attached hydrogens (tertiary/aromatic N) is 2. The van der Waals surface area contributed by atoms with Crippen LogP contribution in [0.4, 0.5) is 5.13 Å². The van der Waals surface area contributed by atoms with E-state index in [0.717, 1.165) is 4.70 Å². The van der Waals surface area contributed by atoms with Crippen LogP contribution in [0.1, 0.15) is 17.2 Å². The molecular weight excluding hydrogens is 532 g/mol. The summed E-state index contributed by atoms with van der Waals surface area (Å²) in [5, 5.41) is 11.8. The molecule has 0 spiro atoms. The van der Waals surface area contributed by atoms with Gasteiger partial charge in [0.05, 0.1) is 28.9 Å². The van der Waals surface area contributed by atoms with Crippen LogP contribution in [0.15, 0.2) is 78.9 Å². The lowest BCUT2D eigenvalue weighted by Crippen LogP contribution is -2.29. The molecule has 2 aliphatic heterocycles. The van der Waals surface area contributed by atoms with Crippen LogP contribution in [-0.2, 0) is 9.59 Å². The number of amides is 1. The Balaban J connectivity index is 1.52. The number of anilines is 1. The van der Waals surface area contributed by atoms with E-state index in [-0.39, 0.29) is 17.9 Å². The molecule has 1 aromatic heterocycles. The highest BCUT2D eigenvalue weighted by Crippen LogP contribution is 2.45. The normalized spacial score (nSPS) is 17.7. The predicted molar refractivity (Wildman–Crippen MR) is 151 cm³/mol. The zero-order chi connectivity index (χ0) is 27.8. The summed E-state index contributed by atoms with van der Waals surface area (Å²) in [6.45, 7) is 4.74. The standard InChI is InChI=1S/C30H24N2O7S/c1-3-11-37-20-6-4-5-17(14-20)26-25(27(33)18-7-10-22-23(15-18)39-13-12-38-22)28(34)29(35)32(26)30-31-21-9-8-19(36-2)16-24(21)40-30/h3-10,14-16,26,33H,1,11-13H2,2H3/b27-25+/t26-/m1/s1. The number of fused-ring (bicyclic) bond motifs is 2. The maximum atomic E-state index is 13.6. The van der Waals surface area contributed by atoms with Gasteiger partial charge in [0, 0.05) is 5.56 Å². The molecule has 3 aromatic carbocycles. The van der Waals surface area contributed by atoms with E-state index in [2.05, 4.69) is 11.6 Å². The lowest BCUT2D eigenvalue weighted by Gasteiger charge is -2.23. The number of hydrogen-bond donors (Lipinski definition) is 1. The van der Waals surface area contributed by atoms with Gasteiger partial charge in [0.1, 0.15) is 37.1 Å². The molecule has 10 heteroatoms. The van der Waals surface area contributed by atoms with Gasteiger partial charge in [-0.3, -0.25) is 14.5 Å². The molecule has 0 aliphatic carbocycles. The summed E-state index contributed by atoms with van der Waals surface area (Å²) in [5.41, 5.74) is 1.47. The minimum absolute atomic E-state index is 0.0700. The number of aromatic nitrogens is 1. The number of carbonyl (C=O) groups excluding carboxylic acids is 2. The maximum Gasteiger partial charge on any atom is 0.301 e. The zero-order valence-electron chi connectivity index (χ0n) is 21.5. The monoisotopic (exact) mass is 556 g/mol. The highest BCUT2D eigenvalue weighted by molar-refractivity contribution is 7.22. The van der Waals surface area contributed by atoms with E-state index in [1.54, 1.807) is 67.8 Å². The van der Waals surface area contributed by atoms with Crippen molar-refractivity contribution in [2.24, 2.45) is 0 Å². The Bertz CT molecular complexity index is 1690. The van der Waals surface area contributed by atoms with Gasteiger partial charge in [0.15, 0.2) is 16.6 Å². The van der Waals surface area contributed by atoms with Crippen molar-refractivity contribution in [3.05, 3.63) is 90.0 Å². The summed E-state index contributed by atoms with van der Waals surface area (Å²) in [6, 6.07) is 16.4. The van der Waals surface area contributed by atoms with Crippen molar-refractivity contribution in [1.82, 2.24) is 4.98 Å². The van der Waals surface area contributed by atoms with Crippen molar-refractivity contribution in [2.75, 3.05) is 31.8 Å². The highest BCUT2D eigenvalue weighted by Gasteiger charge is 2.48. The van der Waals surface area contributed by atoms with Gasteiger partial charge in [-0.15, -0.1) is 0 Å². The molecule has 40 heavy (non-hydrogen) atoms. The quantitative estimate of drug-likeness (QED) is 0.142. The number of aliphatic hydroxyl groups excluding tert-OH is 1. The van der Waals surface area contributed by atoms with Crippen molar-refractivity contribution in [1.29, 1.82) is 0 Å². The van der Waals surface area contributed by atoms with Gasteiger partial charge >= 0.3 is 5.91 Å². The minimum Gasteiger partial charge on any atom is -0.507 e. The largest absolute Gasteiger partial charge is 0.507 e. The van der Waals surface area contributed by atoms with Crippen LogP contribution in [0.5, 0.6) is 23.0 Å². The molecule has 4 aromatic rings. The topological polar surface area (TPSA) is 107 Å². The molecular formula is C30H24N2O7S. The minimum atomic E-state index is -0.970. The number of carbonyl (C=O) groups is 2. The van der Waals surface area contributed by atoms with Crippen LogP contribution in [0.2, 0.25) is 0 Å². The van der Waals surface area contributed by atoms with Gasteiger partial charge < -0.3 is 24.1 Å². The molecule has 9 nitrogen and oxygen atoms in total. The van der Waals surface area contributed by atoms with Gasteiger partial charge in [-0.1, -0.05) is 36.1 Å². The average Bonchev–Trinajstić information content (AvgIpc) is 3.52. The molecule has 2 aliphatic rings. The van der Waals surface area contributed by atoms with Crippen molar-refractivity contribution >= 4 is 44.1 Å². The highest BCUT2D eigenvalue weighted by atomic mass is 32.1. The van der Waals surface area contributed by atoms with Crippen LogP contribution in [0.3, 0.4) is 0 Å². The van der Waals surface area contributed by atoms with E-state index in [4.69, 9.17) is 18.9 Å². The fourth-order valence-electron chi connectivity index (χ4n) is 4.74. The lowest BCUT2D eigenvalue weighted by atomic mass is 9.95. The Labute approximate surface area is 233 Å². The number of ketones is 1. The average molecular weight is 557 g/mol. The first kappa shape index (κ1) is 25.4. The van der Waals surface area contributed by atoms with Crippen LogP contribution >= 0.6 is 11.3 Å². The van der Waals surface area contributed by atoms with Crippen LogP contribution in [0, 0.1) is 0 Å². The predicted octanol–water partition coefficient (Wildman–Crippen LogP) is 5.27. The van der Waals surface area contributed by atoms with Crippen molar-refractivity contribution in [2.45, 2.75) is 6.04 Å². The fraction of sp³-hybridized carbons (Fsp3) is 0.167. The third-order valence-corrected chi connectivity index (χ3v) is 7.61. The third-order valence-electron chi connectivity index (χ3n) is 6.59. The summed E-state index contributed by atoms with van der Waals surface area (Å²) in [6.07, 6.45) is 1.62. The summed E-state index contributed by atoms with van der Waals surface area (Å²) in [4.78, 5) is 33.2. The molecule has 1 atom stereocenters. The van der Waals surface area contributed by atoms with E-state index >= 15 is 0 Å². The number of thiazole rings is 1. The molecule has 0 saturated carbocycles. The molecule has 0 bridgehead atoms. The second kappa shape index (κ2) is 10.4. The van der Waals surface area contributed by atoms with E-state index < -0.39 is 17.7 Å². The number of ether oxygens (including phenoxy) is 4. The molecule has 1 amide bonds. The van der Waals surface area contributed by atoms with E-state index in [0.29, 0.717) is 58.0 Å². The van der Waals surface area contributed by atoms with E-state index in [1.807, 2.05) is 6.07 Å². The fourth-order valence-corrected chi connectivity index (χ4v) is 5.76. The number of benzene rings is 3. The Hall–Kier alpha value is -4.83. The molecule has 6 rings (SSSR count). The second-order valence-electron chi connectivity index (χ2n) is 9.03. The summed E-state index contributed by atoms with van der Waals surface area (Å²) >= 11 is 1.25. The van der Waals surface area contributed by atoms with Gasteiger partial charge in [-0.2, -0.15) is 0 Å². The lowest BCUT2D eigenvalue weighted by molar-refractivity contribution is -0.132. The van der Waals surface area contributed by atoms with Gasteiger partial charge in [-0.25, -0.2) is 4.98 Å². The number of aliphatic hydroxyl groups is 1. The first-order chi connectivity index (χ1) is 19.5. The molecule has 0 radical (unpaired) electrons. The Morgan fingerprint density at radius 1 is 1.10 bits per heavy atom. The molecule has 3 heterocycles. The Morgan fingerprint density at radius 3 is 2.73 bits per heavy atom. The number of hydrogen-bond acceptors (Lipinski definition) is 9. The van der Waals surface area contributed by atoms with Gasteiger partial charge in [0.25, 0.3) is 5.78 Å². The van der Waals surface area contributed by atoms with Crippen LogP contribution in [0.25, 0.3) is 16.0 Å². The van der Waals surface area contributed by atoms with Gasteiger partial charge in [-0.05, 0) is 54.1 Å². The molecule has 202 valence electrons. The SMILES string of the molecule is C=CCOc1cccc([C@@H]2/C(=C(\O)c3ccc4c(c3)OCCO4)C(=O)C(=O)N2c2nc3ccc(OC)cc3s2)c1. The van der Waals surface area contributed by atoms with Crippen LogP contribution < -0.4 is 23.8 Å². The van der Waals surface area contributed by atoms with E-state index in [1.165, 1.54) is 16.2 Å². The van der Waals surface area contributed by atoms with Gasteiger partial charge in [0.2, 0.25) is 0 Å². The molecule has 1 fully saturated rings. The van der Waals surface area contributed by atoms with Crippen molar-refractivity contribution in [3.63, 3.8) is 0 Å². The summed E-state index contributed by atoms with van der Waals surface area (Å²) in [5.74, 6) is 0.198. The molecule has 1 N–H and O–H groups in total. The summed E-state index contributed by atoms with van der Waals surface area (Å²) < 4.78 is 23.1. The Morgan fingerprint density at radius 2 is 1.93 bits per heavy atom. The first-order valence-corrected chi connectivity index (χ1v) is 13.3. The van der Waals surface area contributed by atoms with Crippen molar-refractivity contribution in [3.8, 4) is 23.0 Å². The smallest absolute Gasteiger partial charge is 0.301 e. The number of rotatable bonds is 7. The maximum absolute atomic E-state index is 13.6. The first-order valence-electron chi connectivity index (χ1n) is 12.5. The molecule has 0 unspecified atom stereocenters. The second-order valence-corrected chi connectivity index (χ2v) is 10.0. The number of methoxy groups -OCH3 is 1. The number of Topliss-reactive ketones (excluding diaryl/α,β-unsaturated/α-hetero) is 1. The third kappa shape index (κ3) is 4.42. The zero-order valence-corrected chi connectivity index (χ0v) is 22.3. The Kier molecular flexibility index (Phi) is 6.61. The van der Waals surface area contributed by atoms with E-state index in [9.17, 15) is 14.7 Å². The molecule has 1 saturated heterocycles. The summed E-state index contributed by atoms with van der Waals surface area (Å²) in [7, 11) is 1.57. The van der Waals surface area contributed by atoms with Crippen molar-refractivity contribution < 1.29 is 33.6 Å².